The molecule has 1 aromatic carbocycles. The van der Waals surface area contributed by atoms with E-state index in [1.165, 1.54) is 30.3 Å². The second-order valence-electron chi connectivity index (χ2n) is 6.40. The van der Waals surface area contributed by atoms with E-state index >= 15 is 0 Å². The van der Waals surface area contributed by atoms with Gasteiger partial charge in [0.1, 0.15) is 0 Å². The second kappa shape index (κ2) is 6.99. The normalized spacial score (nSPS) is 16.3. The number of carbonyl (C=O) groups is 1. The average molecular weight is 311 g/mol. The minimum Gasteiger partial charge on any atom is -0.371 e. The molecule has 1 fully saturated rings. The molecule has 0 saturated carbocycles. The molecule has 4 heteroatoms. The number of hydrogen-bond donors (Lipinski definition) is 1. The first-order valence-corrected chi connectivity index (χ1v) is 8.63. The maximum Gasteiger partial charge on any atom is 0.227 e. The summed E-state index contributed by atoms with van der Waals surface area (Å²) in [5.74, 6) is 0.0897. The zero-order valence-electron chi connectivity index (χ0n) is 14.0. The number of fused-ring (bicyclic) bond motifs is 1. The smallest absolute Gasteiger partial charge is 0.227 e. The number of pyridine rings is 1. The van der Waals surface area contributed by atoms with Crippen molar-refractivity contribution in [2.45, 2.75) is 39.5 Å². The third kappa shape index (κ3) is 3.31. The predicted octanol–water partition coefficient (Wildman–Crippen LogP) is 4.21. The summed E-state index contributed by atoms with van der Waals surface area (Å²) in [5.41, 5.74) is 2.11. The summed E-state index contributed by atoms with van der Waals surface area (Å²) < 4.78 is 0. The van der Waals surface area contributed by atoms with E-state index in [-0.39, 0.29) is 11.8 Å². The molecule has 3 rings (SSSR count). The standard InChI is InChI=1S/C19H25N3O/c1-3-14(2)19(23)21-17-7-8-18(22-11-5-4-6-12-22)15-9-10-20-13-16(15)17/h7-10,13-14H,3-6,11-12H2,1-2H3,(H,21,23)/t14-/m1/s1. The molecule has 1 atom stereocenters. The van der Waals surface area contributed by atoms with E-state index in [0.717, 1.165) is 30.6 Å². The number of benzene rings is 1. The molecule has 1 amide bonds. The Bertz CT molecular complexity index is 692. The minimum absolute atomic E-state index is 0.0171. The fourth-order valence-corrected chi connectivity index (χ4v) is 3.14. The van der Waals surface area contributed by atoms with Crippen LogP contribution >= 0.6 is 0 Å². The summed E-state index contributed by atoms with van der Waals surface area (Å²) in [5, 5.41) is 5.26. The van der Waals surface area contributed by atoms with Gasteiger partial charge in [-0.3, -0.25) is 9.78 Å². The van der Waals surface area contributed by atoms with Crippen molar-refractivity contribution < 1.29 is 4.79 Å². The number of nitrogens with one attached hydrogen (secondary N) is 1. The summed E-state index contributed by atoms with van der Waals surface area (Å²) in [4.78, 5) is 18.9. The van der Waals surface area contributed by atoms with Crippen molar-refractivity contribution in [2.75, 3.05) is 23.3 Å². The SMILES string of the molecule is CC[C@@H](C)C(=O)Nc1ccc(N2CCCCC2)c2ccncc12. The Labute approximate surface area is 137 Å². The van der Waals surface area contributed by atoms with Crippen LogP contribution < -0.4 is 10.2 Å². The van der Waals surface area contributed by atoms with Gasteiger partial charge in [0.25, 0.3) is 0 Å². The van der Waals surface area contributed by atoms with Crippen LogP contribution in [0, 0.1) is 5.92 Å². The maximum atomic E-state index is 12.2. The van der Waals surface area contributed by atoms with Crippen molar-refractivity contribution in [3.63, 3.8) is 0 Å². The summed E-state index contributed by atoms with van der Waals surface area (Å²) in [6.45, 7) is 6.20. The highest BCUT2D eigenvalue weighted by Crippen LogP contribution is 2.33. The molecule has 0 radical (unpaired) electrons. The highest BCUT2D eigenvalue weighted by atomic mass is 16.1. The van der Waals surface area contributed by atoms with Gasteiger partial charge in [-0.2, -0.15) is 0 Å². The number of rotatable bonds is 4. The fraction of sp³-hybridized carbons (Fsp3) is 0.474. The molecule has 0 bridgehead atoms. The number of piperidine rings is 1. The van der Waals surface area contributed by atoms with E-state index in [2.05, 4.69) is 27.3 Å². The molecular weight excluding hydrogens is 286 g/mol. The highest BCUT2D eigenvalue weighted by Gasteiger charge is 2.17. The van der Waals surface area contributed by atoms with Crippen LogP contribution in [0.25, 0.3) is 10.8 Å². The molecule has 1 aromatic heterocycles. The van der Waals surface area contributed by atoms with E-state index in [1.54, 1.807) is 0 Å². The van der Waals surface area contributed by atoms with Crippen LogP contribution in [0.3, 0.4) is 0 Å². The molecule has 122 valence electrons. The van der Waals surface area contributed by atoms with Gasteiger partial charge in [0.05, 0.1) is 5.69 Å². The van der Waals surface area contributed by atoms with Crippen molar-refractivity contribution in [1.82, 2.24) is 4.98 Å². The highest BCUT2D eigenvalue weighted by molar-refractivity contribution is 6.06. The van der Waals surface area contributed by atoms with Gasteiger partial charge in [-0.15, -0.1) is 0 Å². The summed E-state index contributed by atoms with van der Waals surface area (Å²) >= 11 is 0. The largest absolute Gasteiger partial charge is 0.371 e. The lowest BCUT2D eigenvalue weighted by molar-refractivity contribution is -0.119. The molecule has 1 saturated heterocycles. The van der Waals surface area contributed by atoms with Crippen LogP contribution in [0.15, 0.2) is 30.6 Å². The fourth-order valence-electron chi connectivity index (χ4n) is 3.14. The Hall–Kier alpha value is -2.10. The van der Waals surface area contributed by atoms with Crippen LogP contribution in [-0.2, 0) is 4.79 Å². The minimum atomic E-state index is 0.0171. The molecule has 23 heavy (non-hydrogen) atoms. The van der Waals surface area contributed by atoms with Crippen LogP contribution in [-0.4, -0.2) is 24.0 Å². The van der Waals surface area contributed by atoms with Gasteiger partial charge in [-0.25, -0.2) is 0 Å². The third-order valence-electron chi connectivity index (χ3n) is 4.81. The third-order valence-corrected chi connectivity index (χ3v) is 4.81. The van der Waals surface area contributed by atoms with Crippen LogP contribution in [0.2, 0.25) is 0 Å². The summed E-state index contributed by atoms with van der Waals surface area (Å²) in [6, 6.07) is 6.21. The lowest BCUT2D eigenvalue weighted by Crippen LogP contribution is -2.29. The van der Waals surface area contributed by atoms with Gasteiger partial charge >= 0.3 is 0 Å². The lowest BCUT2D eigenvalue weighted by atomic mass is 10.0. The molecule has 1 aliphatic rings. The van der Waals surface area contributed by atoms with Gasteiger partial charge in [0, 0.05) is 47.9 Å². The number of anilines is 2. The summed E-state index contributed by atoms with van der Waals surface area (Å²) in [6.07, 6.45) is 8.34. The van der Waals surface area contributed by atoms with Crippen molar-refractivity contribution in [3.8, 4) is 0 Å². The molecule has 0 aliphatic carbocycles. The molecule has 1 aliphatic heterocycles. The second-order valence-corrected chi connectivity index (χ2v) is 6.40. The van der Waals surface area contributed by atoms with E-state index < -0.39 is 0 Å². The zero-order chi connectivity index (χ0) is 16.2. The Kier molecular flexibility index (Phi) is 4.79. The average Bonchev–Trinajstić information content (AvgIpc) is 2.62. The van der Waals surface area contributed by atoms with Gasteiger partial charge < -0.3 is 10.2 Å². The number of hydrogen-bond acceptors (Lipinski definition) is 3. The number of amides is 1. The van der Waals surface area contributed by atoms with Crippen LogP contribution in [0.5, 0.6) is 0 Å². The topological polar surface area (TPSA) is 45.2 Å². The van der Waals surface area contributed by atoms with Gasteiger partial charge in [0.2, 0.25) is 5.91 Å². The van der Waals surface area contributed by atoms with Gasteiger partial charge in [-0.1, -0.05) is 13.8 Å². The van der Waals surface area contributed by atoms with Crippen molar-refractivity contribution in [2.24, 2.45) is 5.92 Å². The number of nitrogens with zero attached hydrogens (tertiary/aromatic N) is 2. The lowest BCUT2D eigenvalue weighted by Gasteiger charge is -2.30. The molecule has 1 N–H and O–H groups in total. The monoisotopic (exact) mass is 311 g/mol. The van der Waals surface area contributed by atoms with Gasteiger partial charge in [0.15, 0.2) is 0 Å². The predicted molar refractivity (Wildman–Crippen MR) is 95.9 cm³/mol. The first-order chi connectivity index (χ1) is 11.2. The molecular formula is C19H25N3O. The van der Waals surface area contributed by atoms with Crippen molar-refractivity contribution in [1.29, 1.82) is 0 Å². The first-order valence-electron chi connectivity index (χ1n) is 8.63. The maximum absolute atomic E-state index is 12.2. The Morgan fingerprint density at radius 2 is 2.00 bits per heavy atom. The number of aromatic nitrogens is 1. The molecule has 0 spiro atoms. The van der Waals surface area contributed by atoms with Crippen molar-refractivity contribution in [3.05, 3.63) is 30.6 Å². The van der Waals surface area contributed by atoms with E-state index in [1.807, 2.05) is 32.3 Å². The number of carbonyl (C=O) groups excluding carboxylic acids is 1. The van der Waals surface area contributed by atoms with Gasteiger partial charge in [-0.05, 0) is 43.9 Å². The molecule has 2 heterocycles. The Morgan fingerprint density at radius 3 is 2.74 bits per heavy atom. The Morgan fingerprint density at radius 1 is 1.22 bits per heavy atom. The van der Waals surface area contributed by atoms with E-state index in [4.69, 9.17) is 0 Å². The van der Waals surface area contributed by atoms with Crippen molar-refractivity contribution >= 4 is 28.1 Å². The van der Waals surface area contributed by atoms with E-state index in [9.17, 15) is 4.79 Å². The molecule has 2 aromatic rings. The van der Waals surface area contributed by atoms with E-state index in [0.29, 0.717) is 0 Å². The van der Waals surface area contributed by atoms with Crippen LogP contribution in [0.1, 0.15) is 39.5 Å². The first kappa shape index (κ1) is 15.8. The molecule has 0 unspecified atom stereocenters. The molecule has 4 nitrogen and oxygen atoms in total. The van der Waals surface area contributed by atoms with Crippen LogP contribution in [0.4, 0.5) is 11.4 Å². The zero-order valence-corrected chi connectivity index (χ0v) is 14.0. The quantitative estimate of drug-likeness (QED) is 0.920. The Balaban J connectivity index is 1.97. The summed E-state index contributed by atoms with van der Waals surface area (Å²) in [7, 11) is 0.